The quantitative estimate of drug-likeness (QED) is 0.450. The molecule has 0 saturated carbocycles. The number of rotatable bonds is 7. The molecule has 0 radical (unpaired) electrons. The zero-order valence-electron chi connectivity index (χ0n) is 15.7. The summed E-state index contributed by atoms with van der Waals surface area (Å²) < 4.78 is 6.66. The Morgan fingerprint density at radius 2 is 1.83 bits per heavy atom. The van der Waals surface area contributed by atoms with E-state index in [2.05, 4.69) is 20.8 Å². The van der Waals surface area contributed by atoms with Crippen LogP contribution in [-0.2, 0) is 9.53 Å². The number of tetrazole rings is 1. The Kier molecular flexibility index (Phi) is 6.84. The van der Waals surface area contributed by atoms with Crippen LogP contribution in [0.4, 0.5) is 5.69 Å². The lowest BCUT2D eigenvalue weighted by Crippen LogP contribution is -2.15. The van der Waals surface area contributed by atoms with Gasteiger partial charge in [0.15, 0.2) is 0 Å². The van der Waals surface area contributed by atoms with E-state index >= 15 is 0 Å². The fraction of sp³-hybridized carbons (Fsp3) is 0.211. The lowest BCUT2D eigenvalue weighted by atomic mass is 10.2. The van der Waals surface area contributed by atoms with Crippen molar-refractivity contribution in [2.75, 3.05) is 11.1 Å². The second-order valence-electron chi connectivity index (χ2n) is 6.22. The molecule has 0 aliphatic rings. The molecule has 2 aromatic carbocycles. The van der Waals surface area contributed by atoms with Crippen molar-refractivity contribution in [2.24, 2.45) is 0 Å². The number of nitrogens with zero attached hydrogens (tertiary/aromatic N) is 4. The standard InChI is InChI=1S/C19H18ClN5O3S/c1-12(2)28-18(27)13-3-7-15(8-4-13)21-17(26)11-29-19-22-23-24-25(19)16-9-5-14(20)6-10-16/h3-10,12H,11H2,1-2H3,(H,21,26). The molecule has 1 N–H and O–H groups in total. The molecule has 150 valence electrons. The van der Waals surface area contributed by atoms with Gasteiger partial charge in [-0.2, -0.15) is 4.68 Å². The topological polar surface area (TPSA) is 99.0 Å². The van der Waals surface area contributed by atoms with Crippen LogP contribution in [-0.4, -0.2) is 43.9 Å². The van der Waals surface area contributed by atoms with Gasteiger partial charge in [-0.05, 0) is 72.8 Å². The third-order valence-electron chi connectivity index (χ3n) is 3.59. The number of ether oxygens (including phenoxy) is 1. The maximum absolute atomic E-state index is 12.2. The molecule has 0 aliphatic carbocycles. The molecule has 10 heteroatoms. The number of anilines is 1. The molecule has 3 aromatic rings. The summed E-state index contributed by atoms with van der Waals surface area (Å²) in [4.78, 5) is 24.1. The van der Waals surface area contributed by atoms with Crippen LogP contribution in [0.2, 0.25) is 5.02 Å². The largest absolute Gasteiger partial charge is 0.459 e. The summed E-state index contributed by atoms with van der Waals surface area (Å²) in [5.74, 6) is -0.508. The van der Waals surface area contributed by atoms with Gasteiger partial charge in [-0.25, -0.2) is 4.79 Å². The average molecular weight is 432 g/mol. The summed E-state index contributed by atoms with van der Waals surface area (Å²) in [6, 6.07) is 13.6. The van der Waals surface area contributed by atoms with Crippen LogP contribution in [0, 0.1) is 0 Å². The first-order valence-corrected chi connectivity index (χ1v) is 10.1. The number of nitrogens with one attached hydrogen (secondary N) is 1. The number of carbonyl (C=O) groups is 2. The monoisotopic (exact) mass is 431 g/mol. The first-order chi connectivity index (χ1) is 13.9. The van der Waals surface area contributed by atoms with Gasteiger partial charge in [-0.1, -0.05) is 23.4 Å². The van der Waals surface area contributed by atoms with E-state index in [-0.39, 0.29) is 17.8 Å². The zero-order chi connectivity index (χ0) is 20.8. The molecule has 0 unspecified atom stereocenters. The fourth-order valence-corrected chi connectivity index (χ4v) is 3.13. The van der Waals surface area contributed by atoms with Crippen molar-refractivity contribution in [1.29, 1.82) is 0 Å². The van der Waals surface area contributed by atoms with E-state index < -0.39 is 5.97 Å². The Balaban J connectivity index is 1.56. The number of thioether (sulfide) groups is 1. The third kappa shape index (κ3) is 5.78. The third-order valence-corrected chi connectivity index (χ3v) is 4.76. The Morgan fingerprint density at radius 1 is 1.14 bits per heavy atom. The van der Waals surface area contributed by atoms with Crippen LogP contribution in [0.3, 0.4) is 0 Å². The molecule has 1 aromatic heterocycles. The van der Waals surface area contributed by atoms with E-state index in [9.17, 15) is 9.59 Å². The fourth-order valence-electron chi connectivity index (χ4n) is 2.31. The zero-order valence-corrected chi connectivity index (χ0v) is 17.3. The van der Waals surface area contributed by atoms with E-state index in [0.717, 1.165) is 5.69 Å². The van der Waals surface area contributed by atoms with Gasteiger partial charge in [-0.3, -0.25) is 4.79 Å². The SMILES string of the molecule is CC(C)OC(=O)c1ccc(NC(=O)CSc2nnnn2-c2ccc(Cl)cc2)cc1. The molecule has 1 heterocycles. The number of esters is 1. The Labute approximate surface area is 176 Å². The van der Waals surface area contributed by atoms with Crippen LogP contribution in [0.15, 0.2) is 53.7 Å². The molecule has 0 spiro atoms. The van der Waals surface area contributed by atoms with Crippen molar-refractivity contribution < 1.29 is 14.3 Å². The first kappa shape index (κ1) is 20.8. The highest BCUT2D eigenvalue weighted by atomic mass is 35.5. The summed E-state index contributed by atoms with van der Waals surface area (Å²) in [5, 5.41) is 15.4. The van der Waals surface area contributed by atoms with Gasteiger partial charge in [-0.15, -0.1) is 5.10 Å². The van der Waals surface area contributed by atoms with E-state index in [1.807, 2.05) is 0 Å². The predicted molar refractivity (Wildman–Crippen MR) is 111 cm³/mol. The normalized spacial score (nSPS) is 10.8. The lowest BCUT2D eigenvalue weighted by Gasteiger charge is -2.09. The highest BCUT2D eigenvalue weighted by molar-refractivity contribution is 7.99. The lowest BCUT2D eigenvalue weighted by molar-refractivity contribution is -0.113. The second kappa shape index (κ2) is 9.53. The number of benzene rings is 2. The van der Waals surface area contributed by atoms with Crippen LogP contribution < -0.4 is 5.32 Å². The summed E-state index contributed by atoms with van der Waals surface area (Å²) in [6.45, 7) is 3.57. The van der Waals surface area contributed by atoms with Gasteiger partial charge in [0.1, 0.15) is 0 Å². The molecular weight excluding hydrogens is 414 g/mol. The molecule has 0 bridgehead atoms. The van der Waals surface area contributed by atoms with Gasteiger partial charge in [0, 0.05) is 10.7 Å². The second-order valence-corrected chi connectivity index (χ2v) is 7.60. The minimum atomic E-state index is -0.400. The van der Waals surface area contributed by atoms with Crippen LogP contribution in [0.25, 0.3) is 5.69 Å². The molecule has 1 amide bonds. The van der Waals surface area contributed by atoms with E-state index in [1.54, 1.807) is 62.4 Å². The molecule has 0 fully saturated rings. The Bertz CT molecular complexity index is 990. The van der Waals surface area contributed by atoms with Gasteiger partial charge in [0.2, 0.25) is 11.1 Å². The van der Waals surface area contributed by atoms with Gasteiger partial charge < -0.3 is 10.1 Å². The summed E-state index contributed by atoms with van der Waals surface area (Å²) in [7, 11) is 0. The molecule has 8 nitrogen and oxygen atoms in total. The van der Waals surface area contributed by atoms with Crippen molar-refractivity contribution in [3.05, 3.63) is 59.1 Å². The number of amides is 1. The molecular formula is C19H18ClN5O3S. The van der Waals surface area contributed by atoms with E-state index in [4.69, 9.17) is 16.3 Å². The predicted octanol–water partition coefficient (Wildman–Crippen LogP) is 3.61. The number of aromatic nitrogens is 4. The maximum Gasteiger partial charge on any atom is 0.338 e. The summed E-state index contributed by atoms with van der Waals surface area (Å²) >= 11 is 7.10. The summed E-state index contributed by atoms with van der Waals surface area (Å²) in [5.41, 5.74) is 1.74. The van der Waals surface area contributed by atoms with Gasteiger partial charge >= 0.3 is 5.97 Å². The average Bonchev–Trinajstić information content (AvgIpc) is 3.15. The molecule has 0 aliphatic heterocycles. The molecule has 0 atom stereocenters. The Hall–Kier alpha value is -2.91. The van der Waals surface area contributed by atoms with Crippen molar-refractivity contribution >= 4 is 40.9 Å². The smallest absolute Gasteiger partial charge is 0.338 e. The molecule has 29 heavy (non-hydrogen) atoms. The highest BCUT2D eigenvalue weighted by Gasteiger charge is 2.13. The van der Waals surface area contributed by atoms with Crippen LogP contribution in [0.1, 0.15) is 24.2 Å². The van der Waals surface area contributed by atoms with Crippen molar-refractivity contribution in [3.63, 3.8) is 0 Å². The van der Waals surface area contributed by atoms with Crippen LogP contribution in [0.5, 0.6) is 0 Å². The van der Waals surface area contributed by atoms with E-state index in [0.29, 0.717) is 21.4 Å². The van der Waals surface area contributed by atoms with Crippen molar-refractivity contribution in [2.45, 2.75) is 25.1 Å². The molecule has 3 rings (SSSR count). The Morgan fingerprint density at radius 3 is 2.48 bits per heavy atom. The first-order valence-electron chi connectivity index (χ1n) is 8.70. The van der Waals surface area contributed by atoms with Crippen molar-refractivity contribution in [3.8, 4) is 5.69 Å². The van der Waals surface area contributed by atoms with Crippen LogP contribution >= 0.6 is 23.4 Å². The number of hydrogen-bond donors (Lipinski definition) is 1. The van der Waals surface area contributed by atoms with E-state index in [1.165, 1.54) is 16.4 Å². The van der Waals surface area contributed by atoms with Gasteiger partial charge in [0.25, 0.3) is 0 Å². The summed E-state index contributed by atoms with van der Waals surface area (Å²) in [6.07, 6.45) is -0.191. The number of carbonyl (C=O) groups excluding carboxylic acids is 2. The number of halogens is 1. The highest BCUT2D eigenvalue weighted by Crippen LogP contribution is 2.20. The van der Waals surface area contributed by atoms with Crippen molar-refractivity contribution in [1.82, 2.24) is 20.2 Å². The minimum Gasteiger partial charge on any atom is -0.459 e. The number of hydrogen-bond acceptors (Lipinski definition) is 7. The minimum absolute atomic E-state index is 0.116. The molecule has 0 saturated heterocycles. The van der Waals surface area contributed by atoms with Gasteiger partial charge in [0.05, 0.1) is 23.1 Å². The maximum atomic E-state index is 12.2.